The Labute approximate surface area is 134 Å². The number of rotatable bonds is 5. The number of anilines is 3. The van der Waals surface area contributed by atoms with E-state index in [0.717, 1.165) is 0 Å². The highest BCUT2D eigenvalue weighted by molar-refractivity contribution is 5.55. The van der Waals surface area contributed by atoms with E-state index in [4.69, 9.17) is 0 Å². The smallest absolute Gasteiger partial charge is 0.229 e. The minimum atomic E-state index is -0.339. The van der Waals surface area contributed by atoms with Crippen molar-refractivity contribution in [2.24, 2.45) is 0 Å². The summed E-state index contributed by atoms with van der Waals surface area (Å²) in [5.41, 5.74) is 2.78. The highest BCUT2D eigenvalue weighted by Crippen LogP contribution is 2.18. The van der Waals surface area contributed by atoms with Gasteiger partial charge in [0.25, 0.3) is 0 Å². The molecule has 0 aliphatic carbocycles. The van der Waals surface area contributed by atoms with Gasteiger partial charge in [-0.1, -0.05) is 36.4 Å². The van der Waals surface area contributed by atoms with Crippen molar-refractivity contribution in [3.63, 3.8) is 0 Å². The third kappa shape index (κ3) is 3.83. The lowest BCUT2D eigenvalue weighted by molar-refractivity contribution is 0.631. The molecular formula is C18H17FN4. The van der Waals surface area contributed by atoms with Gasteiger partial charge < -0.3 is 10.6 Å². The number of aryl methyl sites for hydroxylation is 1. The van der Waals surface area contributed by atoms with Crippen LogP contribution in [0.2, 0.25) is 0 Å². The van der Waals surface area contributed by atoms with Gasteiger partial charge in [-0.25, -0.2) is 9.37 Å². The monoisotopic (exact) mass is 308 g/mol. The van der Waals surface area contributed by atoms with Gasteiger partial charge in [-0.2, -0.15) is 4.98 Å². The van der Waals surface area contributed by atoms with E-state index in [1.54, 1.807) is 30.5 Å². The molecule has 0 radical (unpaired) electrons. The van der Waals surface area contributed by atoms with Crippen LogP contribution < -0.4 is 10.6 Å². The molecule has 0 saturated carbocycles. The Bertz CT molecular complexity index is 804. The summed E-state index contributed by atoms with van der Waals surface area (Å²) in [5.74, 6) is 0.696. The lowest BCUT2D eigenvalue weighted by Crippen LogP contribution is -2.05. The zero-order chi connectivity index (χ0) is 16.1. The van der Waals surface area contributed by atoms with Crippen molar-refractivity contribution in [2.75, 3.05) is 10.6 Å². The maximum absolute atomic E-state index is 13.7. The molecule has 1 aromatic heterocycles. The molecule has 1 heterocycles. The van der Waals surface area contributed by atoms with Crippen LogP contribution in [-0.2, 0) is 6.54 Å². The van der Waals surface area contributed by atoms with Crippen molar-refractivity contribution in [2.45, 2.75) is 13.5 Å². The summed E-state index contributed by atoms with van der Waals surface area (Å²) in [6.45, 7) is 2.74. The van der Waals surface area contributed by atoms with Crippen molar-refractivity contribution in [3.05, 3.63) is 77.7 Å². The summed E-state index contributed by atoms with van der Waals surface area (Å²) in [5, 5.41) is 6.14. The Kier molecular flexibility index (Phi) is 4.47. The van der Waals surface area contributed by atoms with E-state index < -0.39 is 0 Å². The molecule has 23 heavy (non-hydrogen) atoms. The molecule has 2 aromatic carbocycles. The summed E-state index contributed by atoms with van der Waals surface area (Å²) in [7, 11) is 0. The van der Waals surface area contributed by atoms with Crippen LogP contribution in [-0.4, -0.2) is 9.97 Å². The molecule has 0 atom stereocenters. The number of nitrogens with one attached hydrogen (secondary N) is 2. The second-order valence-electron chi connectivity index (χ2n) is 5.15. The van der Waals surface area contributed by atoms with E-state index in [0.29, 0.717) is 24.0 Å². The van der Waals surface area contributed by atoms with Crippen molar-refractivity contribution < 1.29 is 4.39 Å². The maximum atomic E-state index is 13.7. The molecule has 3 rings (SSSR count). The summed E-state index contributed by atoms with van der Waals surface area (Å²) >= 11 is 0. The zero-order valence-corrected chi connectivity index (χ0v) is 12.8. The van der Waals surface area contributed by atoms with Gasteiger partial charge in [0.1, 0.15) is 11.6 Å². The fourth-order valence-electron chi connectivity index (χ4n) is 2.19. The van der Waals surface area contributed by atoms with Crippen molar-refractivity contribution in [3.8, 4) is 0 Å². The second kappa shape index (κ2) is 6.87. The number of aromatic nitrogens is 2. The average Bonchev–Trinajstić information content (AvgIpc) is 2.57. The summed E-state index contributed by atoms with van der Waals surface area (Å²) in [6, 6.07) is 16.4. The van der Waals surface area contributed by atoms with Crippen LogP contribution in [0, 0.1) is 12.7 Å². The topological polar surface area (TPSA) is 49.8 Å². The van der Waals surface area contributed by atoms with Crippen LogP contribution in [0.25, 0.3) is 0 Å². The van der Waals surface area contributed by atoms with E-state index in [1.807, 2.05) is 12.1 Å². The molecule has 4 nitrogen and oxygen atoms in total. The fraction of sp³-hybridized carbons (Fsp3) is 0.111. The predicted molar refractivity (Wildman–Crippen MR) is 90.2 cm³/mol. The number of hydrogen-bond acceptors (Lipinski definition) is 4. The normalized spacial score (nSPS) is 10.3. The molecule has 0 unspecified atom stereocenters. The zero-order valence-electron chi connectivity index (χ0n) is 12.8. The first-order valence-corrected chi connectivity index (χ1v) is 7.35. The van der Waals surface area contributed by atoms with Crippen LogP contribution in [0.15, 0.2) is 60.8 Å². The Morgan fingerprint density at radius 3 is 2.61 bits per heavy atom. The lowest BCUT2D eigenvalue weighted by atomic mass is 10.1. The van der Waals surface area contributed by atoms with Crippen LogP contribution in [0.4, 0.5) is 21.8 Å². The molecule has 0 aliphatic rings. The molecule has 0 aliphatic heterocycles. The van der Waals surface area contributed by atoms with Crippen LogP contribution in [0.3, 0.4) is 0 Å². The first kappa shape index (κ1) is 15.0. The minimum absolute atomic E-state index is 0.339. The second-order valence-corrected chi connectivity index (χ2v) is 5.15. The first-order valence-electron chi connectivity index (χ1n) is 7.35. The average molecular weight is 308 g/mol. The van der Waals surface area contributed by atoms with E-state index >= 15 is 0 Å². The summed E-state index contributed by atoms with van der Waals surface area (Å²) in [6.07, 6.45) is 1.64. The van der Waals surface area contributed by atoms with Crippen LogP contribution in [0.5, 0.6) is 0 Å². The number of halogens is 1. The SMILES string of the molecule is Cc1ccccc1CNc1ccnc(Nc2ccccc2F)n1. The van der Waals surface area contributed by atoms with E-state index in [1.165, 1.54) is 17.2 Å². The van der Waals surface area contributed by atoms with Crippen LogP contribution >= 0.6 is 0 Å². The van der Waals surface area contributed by atoms with E-state index in [-0.39, 0.29) is 5.82 Å². The van der Waals surface area contributed by atoms with Crippen molar-refractivity contribution in [1.29, 1.82) is 0 Å². The predicted octanol–water partition coefficient (Wildman–Crippen LogP) is 4.28. The molecular weight excluding hydrogens is 291 g/mol. The van der Waals surface area contributed by atoms with Crippen molar-refractivity contribution in [1.82, 2.24) is 9.97 Å². The molecule has 5 heteroatoms. The Hall–Kier alpha value is -2.95. The molecule has 0 fully saturated rings. The van der Waals surface area contributed by atoms with Crippen molar-refractivity contribution >= 4 is 17.5 Å². The maximum Gasteiger partial charge on any atom is 0.229 e. The minimum Gasteiger partial charge on any atom is -0.366 e. The van der Waals surface area contributed by atoms with Gasteiger partial charge in [-0.05, 0) is 36.2 Å². The molecule has 0 saturated heterocycles. The first-order chi connectivity index (χ1) is 11.2. The molecule has 0 bridgehead atoms. The van der Waals surface area contributed by atoms with Gasteiger partial charge in [0, 0.05) is 12.7 Å². The quantitative estimate of drug-likeness (QED) is 0.738. The summed E-state index contributed by atoms with van der Waals surface area (Å²) < 4.78 is 13.7. The Balaban J connectivity index is 1.70. The van der Waals surface area contributed by atoms with E-state index in [9.17, 15) is 4.39 Å². The highest BCUT2D eigenvalue weighted by Gasteiger charge is 2.04. The van der Waals surface area contributed by atoms with Gasteiger partial charge >= 0.3 is 0 Å². The summed E-state index contributed by atoms with van der Waals surface area (Å²) in [4.78, 5) is 8.47. The number of nitrogens with zero attached hydrogens (tertiary/aromatic N) is 2. The number of para-hydroxylation sites is 1. The van der Waals surface area contributed by atoms with Gasteiger partial charge in [0.15, 0.2) is 0 Å². The molecule has 0 spiro atoms. The number of benzene rings is 2. The number of hydrogen-bond donors (Lipinski definition) is 2. The molecule has 116 valence electrons. The third-order valence-corrected chi connectivity index (χ3v) is 3.50. The largest absolute Gasteiger partial charge is 0.366 e. The Morgan fingerprint density at radius 1 is 1.00 bits per heavy atom. The van der Waals surface area contributed by atoms with Gasteiger partial charge in [0.2, 0.25) is 5.95 Å². The molecule has 0 amide bonds. The fourth-order valence-corrected chi connectivity index (χ4v) is 2.19. The van der Waals surface area contributed by atoms with Gasteiger partial charge in [0.05, 0.1) is 5.69 Å². The third-order valence-electron chi connectivity index (χ3n) is 3.50. The lowest BCUT2D eigenvalue weighted by Gasteiger charge is -2.10. The molecule has 3 aromatic rings. The Morgan fingerprint density at radius 2 is 1.78 bits per heavy atom. The van der Waals surface area contributed by atoms with E-state index in [2.05, 4.69) is 39.7 Å². The molecule has 2 N–H and O–H groups in total. The van der Waals surface area contributed by atoms with Crippen LogP contribution in [0.1, 0.15) is 11.1 Å². The van der Waals surface area contributed by atoms with Gasteiger partial charge in [-0.15, -0.1) is 0 Å². The van der Waals surface area contributed by atoms with Gasteiger partial charge in [-0.3, -0.25) is 0 Å². The standard InChI is InChI=1S/C18H17FN4/c1-13-6-2-3-7-14(13)12-21-17-10-11-20-18(23-17)22-16-9-5-4-8-15(16)19/h2-11H,12H2,1H3,(H2,20,21,22,23). The highest BCUT2D eigenvalue weighted by atomic mass is 19.1.